The van der Waals surface area contributed by atoms with Crippen molar-refractivity contribution in [2.45, 2.75) is 0 Å². The molecule has 2 radical (unpaired) electrons. The molecule has 10 heteroatoms. The van der Waals surface area contributed by atoms with Crippen LogP contribution in [0.4, 0.5) is 46.5 Å². The number of anilines is 8. The third-order valence-electron chi connectivity index (χ3n) is 7.73. The molecule has 0 spiro atoms. The molecule has 0 saturated heterocycles. The quantitative estimate of drug-likeness (QED) is 0.0978. The summed E-state index contributed by atoms with van der Waals surface area (Å²) in [7, 11) is 0. The monoisotopic (exact) mass is 656 g/mol. The molecule has 0 aliphatic carbocycles. The number of hydrogen-bond acceptors (Lipinski definition) is 4. The number of nitrogens with one attached hydrogen (secondary N) is 6. The van der Waals surface area contributed by atoms with E-state index in [1.807, 2.05) is 48.5 Å². The maximum atomic E-state index is 5.04. The molecule has 8 aromatic rings. The first-order chi connectivity index (χ1) is 19.8. The van der Waals surface area contributed by atoms with Crippen molar-refractivity contribution in [1.29, 1.82) is 0 Å². The standard InChI is InChI=1S/C32H22N8.H2O.Sn/c1-2-10-18-17(9-1)25-33-26(18)38-28-21-13-5-6-14-22(21)30(35-28)40-32-24-16-8-7-15-23(24)31(36-32)39-29-20-12-4-3-11-19(20)27(34-29)37-25;;/h1-16,33,36-40H;1H2;/q-2;;+2. The van der Waals surface area contributed by atoms with Crippen molar-refractivity contribution < 1.29 is 5.48 Å². The van der Waals surface area contributed by atoms with Gasteiger partial charge >= 0.3 is 23.9 Å². The molecule has 9 nitrogen and oxygen atoms in total. The van der Waals surface area contributed by atoms with E-state index >= 15 is 0 Å². The summed E-state index contributed by atoms with van der Waals surface area (Å²) in [5.74, 6) is 6.55. The number of hydrogen-bond donors (Lipinski definition) is 6. The van der Waals surface area contributed by atoms with Crippen LogP contribution < -0.4 is 31.2 Å². The minimum absolute atomic E-state index is 0. The molecule has 0 atom stereocenters. The molecule has 0 fully saturated rings. The van der Waals surface area contributed by atoms with E-state index in [2.05, 4.69) is 79.8 Å². The third kappa shape index (κ3) is 3.81. The van der Waals surface area contributed by atoms with E-state index in [0.29, 0.717) is 0 Å². The summed E-state index contributed by atoms with van der Waals surface area (Å²) in [4.78, 5) is 17.2. The van der Waals surface area contributed by atoms with Gasteiger partial charge in [-0.3, -0.25) is 0 Å². The van der Waals surface area contributed by atoms with E-state index in [9.17, 15) is 0 Å². The first-order valence-corrected chi connectivity index (χ1v) is 13.2. The second kappa shape index (κ2) is 9.82. The van der Waals surface area contributed by atoms with Crippen LogP contribution in [0.5, 0.6) is 0 Å². The molecule has 8 N–H and O–H groups in total. The van der Waals surface area contributed by atoms with E-state index in [0.717, 1.165) is 89.6 Å². The number of rotatable bonds is 0. The second-order valence-electron chi connectivity index (χ2n) is 10.1. The van der Waals surface area contributed by atoms with Crippen LogP contribution in [0, 0.1) is 0 Å². The van der Waals surface area contributed by atoms with Crippen molar-refractivity contribution in [3.63, 3.8) is 0 Å². The van der Waals surface area contributed by atoms with Crippen LogP contribution in [-0.2, 0) is 0 Å². The Balaban J connectivity index is 0.00000144. The normalized spacial score (nSPS) is 12.2. The predicted octanol–water partition coefficient (Wildman–Crippen LogP) is 6.95. The van der Waals surface area contributed by atoms with Gasteiger partial charge in [0.1, 0.15) is 0 Å². The molecular formula is C32H24N8OSn. The number of benzene rings is 4. The molecule has 1 aliphatic heterocycles. The van der Waals surface area contributed by atoms with Crippen molar-refractivity contribution in [2.75, 3.05) is 21.3 Å². The van der Waals surface area contributed by atoms with Gasteiger partial charge in [-0.25, -0.2) is 0 Å². The molecule has 0 unspecified atom stereocenters. The SMILES string of the molecule is O.[Sn+2].c1ccc2c3[n-]c(c2c1)Nc1[nH]c(c2ccccc12)Nc1[n-]c(c2ccccc12)Nc1[nH]c(c2ccccc12)N3. The van der Waals surface area contributed by atoms with Crippen LogP contribution in [-0.4, -0.2) is 39.4 Å². The van der Waals surface area contributed by atoms with Crippen LogP contribution in [0.2, 0.25) is 0 Å². The Hall–Kier alpha value is -5.00. The maximum absolute atomic E-state index is 5.04. The number of aromatic amines is 2. The molecule has 0 amide bonds. The molecule has 202 valence electrons. The minimum atomic E-state index is 0. The van der Waals surface area contributed by atoms with Crippen LogP contribution in [0.15, 0.2) is 97.1 Å². The molecule has 9 rings (SSSR count). The summed E-state index contributed by atoms with van der Waals surface area (Å²) >= 11 is 0. The van der Waals surface area contributed by atoms with Gasteiger partial charge in [-0.05, 0) is 21.5 Å². The van der Waals surface area contributed by atoms with Crippen molar-refractivity contribution in [1.82, 2.24) is 19.9 Å². The fourth-order valence-corrected chi connectivity index (χ4v) is 5.86. The Morgan fingerprint density at radius 3 is 0.786 bits per heavy atom. The van der Waals surface area contributed by atoms with E-state index in [1.54, 1.807) is 0 Å². The smallest absolute Gasteiger partial charge is 0.412 e. The number of nitrogens with zero attached hydrogens (tertiary/aromatic N) is 2. The molecule has 8 bridgehead atoms. The minimum Gasteiger partial charge on any atom is -0.412 e. The Bertz CT molecular complexity index is 1790. The van der Waals surface area contributed by atoms with Crippen LogP contribution in [0.3, 0.4) is 0 Å². The summed E-state index contributed by atoms with van der Waals surface area (Å²) < 4.78 is 0. The molecule has 1 aliphatic rings. The van der Waals surface area contributed by atoms with Crippen molar-refractivity contribution in [3.8, 4) is 0 Å². The maximum Gasteiger partial charge on any atom is 2.00 e. The van der Waals surface area contributed by atoms with Crippen molar-refractivity contribution in [2.24, 2.45) is 0 Å². The first-order valence-electron chi connectivity index (χ1n) is 13.2. The van der Waals surface area contributed by atoms with Gasteiger partial charge in [-0.2, -0.15) is 0 Å². The summed E-state index contributed by atoms with van der Waals surface area (Å²) in [5, 5.41) is 22.8. The molecule has 0 saturated carbocycles. The van der Waals surface area contributed by atoms with Crippen LogP contribution >= 0.6 is 0 Å². The fourth-order valence-electron chi connectivity index (χ4n) is 5.86. The van der Waals surface area contributed by atoms with Gasteiger partial charge in [0.2, 0.25) is 0 Å². The van der Waals surface area contributed by atoms with Gasteiger partial charge in [0.05, 0.1) is 23.3 Å². The average Bonchev–Trinajstić information content (AvgIpc) is 3.73. The Labute approximate surface area is 256 Å². The Morgan fingerprint density at radius 1 is 0.333 bits per heavy atom. The summed E-state index contributed by atoms with van der Waals surface area (Å²) in [6.45, 7) is 0. The number of H-pyrrole nitrogens is 2. The van der Waals surface area contributed by atoms with Gasteiger partial charge in [0.25, 0.3) is 0 Å². The summed E-state index contributed by atoms with van der Waals surface area (Å²) in [5.41, 5.74) is 0. The number of aromatic nitrogens is 4. The molecule has 5 heterocycles. The molecular weight excluding hydrogens is 631 g/mol. The van der Waals surface area contributed by atoms with Gasteiger partial charge in [-0.1, -0.05) is 97.1 Å². The average molecular weight is 655 g/mol. The molecule has 4 aromatic heterocycles. The van der Waals surface area contributed by atoms with E-state index in [-0.39, 0.29) is 29.4 Å². The Morgan fingerprint density at radius 2 is 0.548 bits per heavy atom. The zero-order chi connectivity index (χ0) is 26.2. The molecule has 42 heavy (non-hydrogen) atoms. The van der Waals surface area contributed by atoms with Gasteiger partial charge in [-0.15, -0.1) is 0 Å². The predicted molar refractivity (Wildman–Crippen MR) is 174 cm³/mol. The third-order valence-corrected chi connectivity index (χ3v) is 7.73. The van der Waals surface area contributed by atoms with E-state index in [4.69, 9.17) is 9.97 Å². The van der Waals surface area contributed by atoms with Gasteiger partial charge in [0.15, 0.2) is 0 Å². The second-order valence-corrected chi connectivity index (χ2v) is 10.1. The number of fused-ring (bicyclic) bond motifs is 20. The largest absolute Gasteiger partial charge is 2.00 e. The van der Waals surface area contributed by atoms with Crippen LogP contribution in [0.25, 0.3) is 43.1 Å². The first kappa shape index (κ1) is 25.9. The summed E-state index contributed by atoms with van der Waals surface area (Å²) in [6.07, 6.45) is 0. The zero-order valence-electron chi connectivity index (χ0n) is 22.1. The Kier molecular flexibility index (Phi) is 6.07. The van der Waals surface area contributed by atoms with Gasteiger partial charge in [0, 0.05) is 44.8 Å². The topological polar surface area (TPSA) is 139 Å². The zero-order valence-corrected chi connectivity index (χ0v) is 25.0. The van der Waals surface area contributed by atoms with E-state index in [1.165, 1.54) is 0 Å². The fraction of sp³-hybridized carbons (Fsp3) is 0. The van der Waals surface area contributed by atoms with Crippen molar-refractivity contribution in [3.05, 3.63) is 97.1 Å². The van der Waals surface area contributed by atoms with Crippen LogP contribution in [0.1, 0.15) is 0 Å². The molecule has 4 aromatic carbocycles. The van der Waals surface area contributed by atoms with Gasteiger partial charge < -0.3 is 46.7 Å². The van der Waals surface area contributed by atoms with Crippen molar-refractivity contribution >= 4 is 114 Å². The van der Waals surface area contributed by atoms with E-state index < -0.39 is 0 Å². The summed E-state index contributed by atoms with van der Waals surface area (Å²) in [6, 6.07) is 33.1.